The van der Waals surface area contributed by atoms with Crippen molar-refractivity contribution in [1.82, 2.24) is 9.97 Å². The first-order valence-electron chi connectivity index (χ1n) is 5.35. The average molecular weight is 328 g/mol. The first-order valence-corrected chi connectivity index (χ1v) is 7.02. The molecule has 0 atom stereocenters. The minimum Gasteiger partial charge on any atom is -0.355 e. The standard InChI is InChI=1S/C11H14BrN5S/c1-7-3-10(15-11(14-7)16-13)17(2)5-8-4-9(12)18-6-8/h3-4,6H,5,13H2,1-2H3,(H,14,15,16). The summed E-state index contributed by atoms with van der Waals surface area (Å²) in [7, 11) is 1.99. The Kier molecular flexibility index (Phi) is 4.15. The van der Waals surface area contributed by atoms with E-state index in [2.05, 4.69) is 47.7 Å². The summed E-state index contributed by atoms with van der Waals surface area (Å²) in [6.45, 7) is 2.71. The summed E-state index contributed by atoms with van der Waals surface area (Å²) >= 11 is 5.14. The predicted octanol–water partition coefficient (Wildman–Crippen LogP) is 2.53. The van der Waals surface area contributed by atoms with Crippen molar-refractivity contribution in [2.45, 2.75) is 13.5 Å². The third kappa shape index (κ3) is 3.18. The second-order valence-corrected chi connectivity index (χ2v) is 6.24. The number of nitrogen functional groups attached to an aromatic ring is 1. The van der Waals surface area contributed by atoms with Gasteiger partial charge in [0.1, 0.15) is 5.82 Å². The van der Waals surface area contributed by atoms with Crippen LogP contribution in [0.3, 0.4) is 0 Å². The van der Waals surface area contributed by atoms with Crippen LogP contribution >= 0.6 is 27.3 Å². The zero-order valence-electron chi connectivity index (χ0n) is 10.1. The second kappa shape index (κ2) is 5.64. The Bertz CT molecular complexity index is 542. The molecule has 0 aliphatic heterocycles. The Balaban J connectivity index is 2.17. The van der Waals surface area contributed by atoms with E-state index in [1.165, 1.54) is 5.56 Å². The highest BCUT2D eigenvalue weighted by Gasteiger charge is 2.08. The molecule has 0 radical (unpaired) electrons. The van der Waals surface area contributed by atoms with Crippen molar-refractivity contribution in [3.63, 3.8) is 0 Å². The van der Waals surface area contributed by atoms with Crippen molar-refractivity contribution >= 4 is 39.0 Å². The lowest BCUT2D eigenvalue weighted by Crippen LogP contribution is -2.19. The van der Waals surface area contributed by atoms with Gasteiger partial charge in [0.2, 0.25) is 5.95 Å². The minimum atomic E-state index is 0.434. The number of aryl methyl sites for hydroxylation is 1. The van der Waals surface area contributed by atoms with Crippen molar-refractivity contribution in [1.29, 1.82) is 0 Å². The van der Waals surface area contributed by atoms with Crippen LogP contribution in [0.15, 0.2) is 21.3 Å². The molecular formula is C11H14BrN5S. The van der Waals surface area contributed by atoms with Crippen LogP contribution in [-0.4, -0.2) is 17.0 Å². The largest absolute Gasteiger partial charge is 0.355 e. The molecule has 2 heterocycles. The van der Waals surface area contributed by atoms with E-state index < -0.39 is 0 Å². The number of nitrogens with one attached hydrogen (secondary N) is 1. The molecule has 2 rings (SSSR count). The Labute approximate surface area is 118 Å². The molecule has 0 saturated heterocycles. The van der Waals surface area contributed by atoms with E-state index in [0.717, 1.165) is 21.8 Å². The van der Waals surface area contributed by atoms with Crippen LogP contribution in [0, 0.1) is 6.92 Å². The molecule has 5 nitrogen and oxygen atoms in total. The topological polar surface area (TPSA) is 67.1 Å². The molecule has 3 N–H and O–H groups in total. The summed E-state index contributed by atoms with van der Waals surface area (Å²) in [4.78, 5) is 10.6. The lowest BCUT2D eigenvalue weighted by Gasteiger charge is -2.18. The maximum absolute atomic E-state index is 5.35. The van der Waals surface area contributed by atoms with E-state index in [1.54, 1.807) is 11.3 Å². The first-order chi connectivity index (χ1) is 8.58. The van der Waals surface area contributed by atoms with Crippen molar-refractivity contribution in [2.75, 3.05) is 17.4 Å². The van der Waals surface area contributed by atoms with Gasteiger partial charge < -0.3 is 4.90 Å². The average Bonchev–Trinajstić information content (AvgIpc) is 2.73. The molecular weight excluding hydrogens is 314 g/mol. The fourth-order valence-corrected chi connectivity index (χ4v) is 2.80. The summed E-state index contributed by atoms with van der Waals surface area (Å²) < 4.78 is 1.13. The highest BCUT2D eigenvalue weighted by atomic mass is 79.9. The van der Waals surface area contributed by atoms with E-state index in [9.17, 15) is 0 Å². The fourth-order valence-electron chi connectivity index (χ4n) is 1.60. The summed E-state index contributed by atoms with van der Waals surface area (Å²) in [5, 5.41) is 2.12. The smallest absolute Gasteiger partial charge is 0.239 e. The second-order valence-electron chi connectivity index (χ2n) is 3.95. The first kappa shape index (κ1) is 13.3. The molecule has 0 aromatic carbocycles. The molecule has 0 spiro atoms. The number of nitrogens with zero attached hydrogens (tertiary/aromatic N) is 3. The van der Waals surface area contributed by atoms with E-state index in [1.807, 2.05) is 20.0 Å². The van der Waals surface area contributed by atoms with Gasteiger partial charge in [0.05, 0.1) is 3.79 Å². The molecule has 18 heavy (non-hydrogen) atoms. The third-order valence-corrected chi connectivity index (χ3v) is 3.96. The van der Waals surface area contributed by atoms with Crippen LogP contribution in [0.25, 0.3) is 0 Å². The summed E-state index contributed by atoms with van der Waals surface area (Å²) in [5.41, 5.74) is 4.60. The van der Waals surface area contributed by atoms with Crippen molar-refractivity contribution < 1.29 is 0 Å². The number of hydrogen-bond acceptors (Lipinski definition) is 6. The van der Waals surface area contributed by atoms with Crippen molar-refractivity contribution in [3.05, 3.63) is 32.6 Å². The SMILES string of the molecule is Cc1cc(N(C)Cc2csc(Br)c2)nc(NN)n1. The zero-order chi connectivity index (χ0) is 13.1. The maximum atomic E-state index is 5.35. The third-order valence-electron chi connectivity index (χ3n) is 2.40. The van der Waals surface area contributed by atoms with Crippen molar-refractivity contribution in [2.24, 2.45) is 5.84 Å². The molecule has 0 aliphatic rings. The Hall–Kier alpha value is -1.18. The van der Waals surface area contributed by atoms with Gasteiger partial charge in [-0.05, 0) is 39.9 Å². The Morgan fingerprint density at radius 1 is 1.44 bits per heavy atom. The van der Waals surface area contributed by atoms with Gasteiger partial charge in [0.15, 0.2) is 0 Å². The highest BCUT2D eigenvalue weighted by Crippen LogP contribution is 2.23. The number of nitrogens with two attached hydrogens (primary N) is 1. The summed E-state index contributed by atoms with van der Waals surface area (Å²) in [6, 6.07) is 4.04. The number of halogens is 1. The van der Waals surface area contributed by atoms with Gasteiger partial charge in [-0.1, -0.05) is 0 Å². The number of thiophene rings is 1. The molecule has 0 bridgehead atoms. The summed E-state index contributed by atoms with van der Waals surface area (Å²) in [6.07, 6.45) is 0. The van der Waals surface area contributed by atoms with Crippen LogP contribution in [0.2, 0.25) is 0 Å². The Morgan fingerprint density at radius 3 is 2.83 bits per heavy atom. The minimum absolute atomic E-state index is 0.434. The summed E-state index contributed by atoms with van der Waals surface area (Å²) in [5.74, 6) is 6.62. The van der Waals surface area contributed by atoms with Gasteiger partial charge in [-0.3, -0.25) is 5.43 Å². The monoisotopic (exact) mass is 327 g/mol. The number of rotatable bonds is 4. The van der Waals surface area contributed by atoms with Crippen LogP contribution in [0.5, 0.6) is 0 Å². The van der Waals surface area contributed by atoms with Crippen LogP contribution < -0.4 is 16.2 Å². The van der Waals surface area contributed by atoms with Gasteiger partial charge in [-0.25, -0.2) is 10.8 Å². The quantitative estimate of drug-likeness (QED) is 0.667. The van der Waals surface area contributed by atoms with Gasteiger partial charge in [-0.15, -0.1) is 11.3 Å². The molecule has 0 aliphatic carbocycles. The number of hydrogen-bond donors (Lipinski definition) is 2. The van der Waals surface area contributed by atoms with E-state index in [4.69, 9.17) is 5.84 Å². The molecule has 0 amide bonds. The molecule has 96 valence electrons. The van der Waals surface area contributed by atoms with Crippen LogP contribution in [-0.2, 0) is 6.54 Å². The molecule has 0 saturated carbocycles. The fraction of sp³-hybridized carbons (Fsp3) is 0.273. The molecule has 7 heteroatoms. The van der Waals surface area contributed by atoms with E-state index in [-0.39, 0.29) is 0 Å². The molecule has 0 fully saturated rings. The maximum Gasteiger partial charge on any atom is 0.239 e. The molecule has 0 unspecified atom stereocenters. The number of anilines is 2. The van der Waals surface area contributed by atoms with E-state index >= 15 is 0 Å². The molecule has 2 aromatic rings. The lowest BCUT2D eigenvalue weighted by atomic mass is 10.3. The normalized spacial score (nSPS) is 10.4. The van der Waals surface area contributed by atoms with Gasteiger partial charge >= 0.3 is 0 Å². The molecule has 2 aromatic heterocycles. The van der Waals surface area contributed by atoms with Gasteiger partial charge in [0, 0.05) is 25.4 Å². The van der Waals surface area contributed by atoms with E-state index in [0.29, 0.717) is 5.95 Å². The van der Waals surface area contributed by atoms with Crippen LogP contribution in [0.1, 0.15) is 11.3 Å². The van der Waals surface area contributed by atoms with Crippen LogP contribution in [0.4, 0.5) is 11.8 Å². The number of aromatic nitrogens is 2. The predicted molar refractivity (Wildman–Crippen MR) is 78.7 cm³/mol. The van der Waals surface area contributed by atoms with Crippen molar-refractivity contribution in [3.8, 4) is 0 Å². The lowest BCUT2D eigenvalue weighted by molar-refractivity contribution is 0.889. The number of hydrazine groups is 1. The zero-order valence-corrected chi connectivity index (χ0v) is 12.5. The Morgan fingerprint density at radius 2 is 2.22 bits per heavy atom. The van der Waals surface area contributed by atoms with Gasteiger partial charge in [-0.2, -0.15) is 4.98 Å². The highest BCUT2D eigenvalue weighted by molar-refractivity contribution is 9.11. The van der Waals surface area contributed by atoms with Gasteiger partial charge in [0.25, 0.3) is 0 Å².